The van der Waals surface area contributed by atoms with E-state index in [4.69, 9.17) is 0 Å². The Bertz CT molecular complexity index is 741. The summed E-state index contributed by atoms with van der Waals surface area (Å²) in [5.41, 5.74) is 0.212. The van der Waals surface area contributed by atoms with Gasteiger partial charge in [0, 0.05) is 26.4 Å². The lowest BCUT2D eigenvalue weighted by atomic mass is 10.2. The fraction of sp³-hybridized carbons (Fsp3) is 0.133. The van der Waals surface area contributed by atoms with Gasteiger partial charge in [0.2, 0.25) is 0 Å². The third-order valence-electron chi connectivity index (χ3n) is 2.89. The Morgan fingerprint density at radius 3 is 2.62 bits per heavy atom. The van der Waals surface area contributed by atoms with E-state index >= 15 is 0 Å². The fourth-order valence-corrected chi connectivity index (χ4v) is 1.64. The van der Waals surface area contributed by atoms with Crippen molar-refractivity contribution in [2.45, 2.75) is 0 Å². The molecule has 0 aliphatic carbocycles. The number of aromatic amines is 1. The summed E-state index contributed by atoms with van der Waals surface area (Å²) in [6, 6.07) is 11.1. The first kappa shape index (κ1) is 14.5. The Morgan fingerprint density at radius 1 is 1.24 bits per heavy atom. The van der Waals surface area contributed by atoms with Gasteiger partial charge in [-0.3, -0.25) is 19.4 Å². The Morgan fingerprint density at radius 2 is 1.95 bits per heavy atom. The van der Waals surface area contributed by atoms with Gasteiger partial charge in [-0.25, -0.2) is 4.79 Å². The Kier molecular flexibility index (Phi) is 4.50. The minimum Gasteiger partial charge on any atom is -0.292 e. The predicted molar refractivity (Wildman–Crippen MR) is 84.7 cm³/mol. The number of allylic oxidation sites excluding steroid dienone is 1. The van der Waals surface area contributed by atoms with E-state index in [1.807, 2.05) is 36.4 Å². The number of H-pyrrole nitrogens is 1. The van der Waals surface area contributed by atoms with Crippen LogP contribution in [-0.2, 0) is 7.05 Å². The van der Waals surface area contributed by atoms with Crippen LogP contribution >= 0.6 is 0 Å². The molecule has 1 N–H and O–H groups in total. The monoisotopic (exact) mass is 284 g/mol. The number of nitrogens with one attached hydrogen (secondary N) is 1. The van der Waals surface area contributed by atoms with E-state index in [0.717, 1.165) is 10.1 Å². The van der Waals surface area contributed by atoms with Gasteiger partial charge >= 0.3 is 5.69 Å². The molecule has 0 atom stereocenters. The lowest BCUT2D eigenvalue weighted by molar-refractivity contribution is 0.766. The van der Waals surface area contributed by atoms with Gasteiger partial charge in [0.25, 0.3) is 5.56 Å². The highest BCUT2D eigenvalue weighted by molar-refractivity contribution is 5.78. The first-order valence-corrected chi connectivity index (χ1v) is 6.38. The molecular weight excluding hydrogens is 268 g/mol. The van der Waals surface area contributed by atoms with Gasteiger partial charge in [-0.15, -0.1) is 0 Å². The van der Waals surface area contributed by atoms with Crippen LogP contribution in [-0.4, -0.2) is 22.8 Å². The largest absolute Gasteiger partial charge is 0.329 e. The number of hydrogen-bond acceptors (Lipinski definition) is 4. The average Bonchev–Trinajstić information content (AvgIpc) is 2.49. The van der Waals surface area contributed by atoms with Crippen molar-refractivity contribution in [2.24, 2.45) is 12.1 Å². The maximum Gasteiger partial charge on any atom is 0.329 e. The topological polar surface area (TPSA) is 70.5 Å². The van der Waals surface area contributed by atoms with Crippen molar-refractivity contribution in [3.63, 3.8) is 0 Å². The van der Waals surface area contributed by atoms with Crippen molar-refractivity contribution >= 4 is 18.1 Å². The van der Waals surface area contributed by atoms with Crippen LogP contribution in [0, 0.1) is 0 Å². The summed E-state index contributed by atoms with van der Waals surface area (Å²) in [6.07, 6.45) is 5.28. The minimum atomic E-state index is -0.473. The van der Waals surface area contributed by atoms with Crippen LogP contribution in [0.2, 0.25) is 0 Å². The molecule has 0 spiro atoms. The van der Waals surface area contributed by atoms with Gasteiger partial charge in [-0.2, -0.15) is 5.10 Å². The molecule has 0 bridgehead atoms. The molecule has 108 valence electrons. The van der Waals surface area contributed by atoms with Gasteiger partial charge < -0.3 is 0 Å². The molecule has 1 aromatic heterocycles. The summed E-state index contributed by atoms with van der Waals surface area (Å²) in [5.74, 6) is 0.340. The summed E-state index contributed by atoms with van der Waals surface area (Å²) < 4.78 is 0.996. The second-order valence-electron chi connectivity index (χ2n) is 4.41. The highest BCUT2D eigenvalue weighted by Crippen LogP contribution is 2.03. The maximum atomic E-state index is 11.5. The van der Waals surface area contributed by atoms with E-state index in [-0.39, 0.29) is 5.56 Å². The zero-order valence-electron chi connectivity index (χ0n) is 11.9. The molecule has 0 aliphatic rings. The van der Waals surface area contributed by atoms with E-state index < -0.39 is 5.69 Å². The second-order valence-corrected chi connectivity index (χ2v) is 4.41. The molecule has 2 rings (SSSR count). The quantitative estimate of drug-likeness (QED) is 0.677. The summed E-state index contributed by atoms with van der Waals surface area (Å²) in [5, 5.41) is 5.55. The number of hydrazone groups is 1. The van der Waals surface area contributed by atoms with Crippen molar-refractivity contribution in [1.82, 2.24) is 9.55 Å². The highest BCUT2D eigenvalue weighted by Gasteiger charge is 2.03. The molecular formula is C15H16N4O2. The van der Waals surface area contributed by atoms with E-state index in [0.29, 0.717) is 5.82 Å². The maximum absolute atomic E-state index is 11.5. The number of hydrogen-bond donors (Lipinski definition) is 1. The van der Waals surface area contributed by atoms with Gasteiger partial charge in [0.05, 0.1) is 0 Å². The van der Waals surface area contributed by atoms with Crippen molar-refractivity contribution in [1.29, 1.82) is 0 Å². The van der Waals surface area contributed by atoms with Crippen LogP contribution < -0.4 is 16.3 Å². The molecule has 0 saturated heterocycles. The normalized spacial score (nSPS) is 11.3. The van der Waals surface area contributed by atoms with Gasteiger partial charge in [0.1, 0.15) is 5.82 Å². The van der Waals surface area contributed by atoms with E-state index in [9.17, 15) is 9.59 Å². The summed E-state index contributed by atoms with van der Waals surface area (Å²) in [7, 11) is 3.06. The van der Waals surface area contributed by atoms with Crippen LogP contribution in [0.1, 0.15) is 5.56 Å². The molecule has 0 saturated carbocycles. The zero-order valence-corrected chi connectivity index (χ0v) is 11.9. The Hall–Kier alpha value is -2.89. The molecule has 0 amide bonds. The SMILES string of the molecule is CN(N=C/C=C/c1ccccc1)c1cc(=O)n(C)c(=O)[nH]1. The molecule has 0 fully saturated rings. The van der Waals surface area contributed by atoms with E-state index in [2.05, 4.69) is 10.1 Å². The molecule has 6 heteroatoms. The molecule has 0 unspecified atom stereocenters. The van der Waals surface area contributed by atoms with Gasteiger partial charge in [-0.1, -0.05) is 36.4 Å². The Labute approximate surface area is 121 Å². The van der Waals surface area contributed by atoms with Crippen LogP contribution in [0.5, 0.6) is 0 Å². The molecule has 21 heavy (non-hydrogen) atoms. The van der Waals surface area contributed by atoms with Crippen molar-refractivity contribution in [2.75, 3.05) is 12.1 Å². The fourth-order valence-electron chi connectivity index (χ4n) is 1.64. The molecule has 0 radical (unpaired) electrons. The number of benzene rings is 1. The Balaban J connectivity index is 2.09. The predicted octanol–water partition coefficient (Wildman–Crippen LogP) is 1.21. The summed E-state index contributed by atoms with van der Waals surface area (Å²) in [6.45, 7) is 0. The molecule has 1 heterocycles. The second kappa shape index (κ2) is 6.51. The van der Waals surface area contributed by atoms with Crippen molar-refractivity contribution in [3.8, 4) is 0 Å². The van der Waals surface area contributed by atoms with Gasteiger partial charge in [-0.05, 0) is 11.6 Å². The van der Waals surface area contributed by atoms with Crippen molar-refractivity contribution in [3.05, 3.63) is 68.9 Å². The summed E-state index contributed by atoms with van der Waals surface area (Å²) >= 11 is 0. The summed E-state index contributed by atoms with van der Waals surface area (Å²) in [4.78, 5) is 25.6. The molecule has 1 aromatic carbocycles. The van der Waals surface area contributed by atoms with Crippen molar-refractivity contribution < 1.29 is 0 Å². The van der Waals surface area contributed by atoms with E-state index in [1.165, 1.54) is 18.1 Å². The first-order valence-electron chi connectivity index (χ1n) is 6.38. The lowest BCUT2D eigenvalue weighted by Gasteiger charge is -2.11. The van der Waals surface area contributed by atoms with E-state index in [1.54, 1.807) is 19.3 Å². The third-order valence-corrected chi connectivity index (χ3v) is 2.89. The first-order chi connectivity index (χ1) is 10.1. The van der Waals surface area contributed by atoms with Crippen LogP contribution in [0.4, 0.5) is 5.82 Å². The van der Waals surface area contributed by atoms with Crippen LogP contribution in [0.15, 0.2) is 57.2 Å². The number of rotatable bonds is 4. The molecule has 2 aromatic rings. The number of anilines is 1. The van der Waals surface area contributed by atoms with Crippen LogP contribution in [0.3, 0.4) is 0 Å². The lowest BCUT2D eigenvalue weighted by Crippen LogP contribution is -2.33. The number of aromatic nitrogens is 2. The standard InChI is InChI=1S/C15H16N4O2/c1-18-14(20)11-13(17-15(18)21)19(2)16-10-6-9-12-7-4-3-5-8-12/h3-11H,1-2H3,(H,17,21)/b9-6+,16-10?. The van der Waals surface area contributed by atoms with Gasteiger partial charge in [0.15, 0.2) is 0 Å². The van der Waals surface area contributed by atoms with Crippen LogP contribution in [0.25, 0.3) is 6.08 Å². The smallest absolute Gasteiger partial charge is 0.292 e. The number of nitrogens with zero attached hydrogens (tertiary/aromatic N) is 3. The molecule has 6 nitrogen and oxygen atoms in total. The highest BCUT2D eigenvalue weighted by atomic mass is 16.2. The minimum absolute atomic E-state index is 0.340. The molecule has 0 aliphatic heterocycles. The third kappa shape index (κ3) is 3.79. The zero-order chi connectivity index (χ0) is 15.2. The average molecular weight is 284 g/mol.